The Bertz CT molecular complexity index is 455. The van der Waals surface area contributed by atoms with Crippen molar-refractivity contribution in [2.45, 2.75) is 32.7 Å². The maximum Gasteiger partial charge on any atom is 0.252 e. The van der Waals surface area contributed by atoms with E-state index in [9.17, 15) is 4.79 Å². The molecule has 19 heavy (non-hydrogen) atoms. The van der Waals surface area contributed by atoms with Crippen LogP contribution >= 0.6 is 0 Å². The quantitative estimate of drug-likeness (QED) is 0.832. The Morgan fingerprint density at radius 1 is 1.63 bits per heavy atom. The second-order valence-electron chi connectivity index (χ2n) is 5.02. The van der Waals surface area contributed by atoms with E-state index in [0.29, 0.717) is 17.4 Å². The highest BCUT2D eigenvalue weighted by atomic mass is 16.1. The van der Waals surface area contributed by atoms with E-state index in [1.54, 1.807) is 6.20 Å². The minimum Gasteiger partial charge on any atom is -0.365 e. The van der Waals surface area contributed by atoms with E-state index < -0.39 is 5.91 Å². The fraction of sp³-hybridized carbons (Fsp3) is 0.571. The predicted molar refractivity (Wildman–Crippen MR) is 76.4 cm³/mol. The summed E-state index contributed by atoms with van der Waals surface area (Å²) in [6.07, 6.45) is 4.13. The van der Waals surface area contributed by atoms with E-state index in [1.165, 1.54) is 12.8 Å². The van der Waals surface area contributed by atoms with Gasteiger partial charge >= 0.3 is 0 Å². The molecule has 2 rings (SSSR count). The Balaban J connectivity index is 2.26. The lowest BCUT2D eigenvalue weighted by Crippen LogP contribution is -2.39. The summed E-state index contributed by atoms with van der Waals surface area (Å²) in [7, 11) is 0. The molecule has 1 aromatic heterocycles. The number of aromatic nitrogens is 1. The maximum absolute atomic E-state index is 11.6. The van der Waals surface area contributed by atoms with Crippen LogP contribution in [0.4, 0.5) is 5.82 Å². The number of carbonyl (C=O) groups is 1. The Morgan fingerprint density at radius 2 is 2.42 bits per heavy atom. The largest absolute Gasteiger partial charge is 0.365 e. The van der Waals surface area contributed by atoms with Crippen molar-refractivity contribution < 1.29 is 4.79 Å². The zero-order valence-corrected chi connectivity index (χ0v) is 11.6. The predicted octanol–water partition coefficient (Wildman–Crippen LogP) is 1.07. The van der Waals surface area contributed by atoms with Crippen LogP contribution < -0.4 is 16.0 Å². The number of primary amides is 1. The number of hydrogen-bond donors (Lipinski definition) is 2. The van der Waals surface area contributed by atoms with Crippen molar-refractivity contribution in [2.75, 3.05) is 24.5 Å². The number of hydrogen-bond acceptors (Lipinski definition) is 4. The van der Waals surface area contributed by atoms with Gasteiger partial charge in [-0.25, -0.2) is 4.98 Å². The summed E-state index contributed by atoms with van der Waals surface area (Å²) in [5, 5.41) is 3.47. The molecule has 1 unspecified atom stereocenters. The van der Waals surface area contributed by atoms with Crippen LogP contribution in [-0.2, 0) is 0 Å². The molecule has 1 saturated heterocycles. The highest BCUT2D eigenvalue weighted by Crippen LogP contribution is 2.21. The number of nitrogens with two attached hydrogens (primary N) is 1. The van der Waals surface area contributed by atoms with Crippen LogP contribution in [0.15, 0.2) is 12.3 Å². The molecule has 2 heterocycles. The molecule has 1 aliphatic heterocycles. The van der Waals surface area contributed by atoms with E-state index >= 15 is 0 Å². The third kappa shape index (κ3) is 3.04. The van der Waals surface area contributed by atoms with Crippen LogP contribution in [0, 0.1) is 6.92 Å². The van der Waals surface area contributed by atoms with Crippen LogP contribution in [0.5, 0.6) is 0 Å². The van der Waals surface area contributed by atoms with Crippen LogP contribution in [0.2, 0.25) is 0 Å². The van der Waals surface area contributed by atoms with Gasteiger partial charge < -0.3 is 16.0 Å². The molecule has 104 valence electrons. The van der Waals surface area contributed by atoms with E-state index in [-0.39, 0.29) is 0 Å². The molecular formula is C14H22N4O. The smallest absolute Gasteiger partial charge is 0.252 e. The first kappa shape index (κ1) is 13.8. The first-order valence-corrected chi connectivity index (χ1v) is 6.87. The lowest BCUT2D eigenvalue weighted by molar-refractivity contribution is 0.1000. The number of aryl methyl sites for hydroxylation is 1. The van der Waals surface area contributed by atoms with E-state index in [0.717, 1.165) is 25.2 Å². The highest BCUT2D eigenvalue weighted by Gasteiger charge is 2.22. The molecule has 0 aromatic carbocycles. The summed E-state index contributed by atoms with van der Waals surface area (Å²) in [6.45, 7) is 6.73. The van der Waals surface area contributed by atoms with Gasteiger partial charge in [0.25, 0.3) is 5.91 Å². The fourth-order valence-corrected chi connectivity index (χ4v) is 2.63. The lowest BCUT2D eigenvalue weighted by Gasteiger charge is -2.27. The molecule has 1 fully saturated rings. The molecule has 3 N–H and O–H groups in total. The molecule has 5 nitrogen and oxygen atoms in total. The van der Waals surface area contributed by atoms with Crippen molar-refractivity contribution in [1.29, 1.82) is 0 Å². The number of rotatable bonds is 5. The average molecular weight is 262 g/mol. The van der Waals surface area contributed by atoms with Crippen molar-refractivity contribution in [1.82, 2.24) is 10.3 Å². The van der Waals surface area contributed by atoms with Crippen LogP contribution in [-0.4, -0.2) is 36.6 Å². The van der Waals surface area contributed by atoms with Gasteiger partial charge in [-0.3, -0.25) is 4.79 Å². The molecule has 5 heteroatoms. The SMILES string of the molecule is CCN(CC1CCCN1)c1nccc(C)c1C(N)=O. The van der Waals surface area contributed by atoms with Gasteiger partial charge in [-0.1, -0.05) is 0 Å². The molecular weight excluding hydrogens is 240 g/mol. The van der Waals surface area contributed by atoms with E-state index in [2.05, 4.69) is 22.1 Å². The van der Waals surface area contributed by atoms with Crippen LogP contribution in [0.3, 0.4) is 0 Å². The molecule has 0 radical (unpaired) electrons. The summed E-state index contributed by atoms with van der Waals surface area (Å²) >= 11 is 0. The number of amides is 1. The summed E-state index contributed by atoms with van der Waals surface area (Å²) in [6, 6.07) is 2.30. The summed E-state index contributed by atoms with van der Waals surface area (Å²) in [5.74, 6) is 0.308. The topological polar surface area (TPSA) is 71.2 Å². The second-order valence-corrected chi connectivity index (χ2v) is 5.02. The first-order chi connectivity index (χ1) is 9.13. The Hall–Kier alpha value is -1.62. The normalized spacial score (nSPS) is 18.5. The van der Waals surface area contributed by atoms with E-state index in [4.69, 9.17) is 5.73 Å². The molecule has 1 aromatic rings. The Morgan fingerprint density at radius 3 is 3.00 bits per heavy atom. The van der Waals surface area contributed by atoms with Gasteiger partial charge in [0.15, 0.2) is 0 Å². The third-order valence-electron chi connectivity index (χ3n) is 3.67. The van der Waals surface area contributed by atoms with Gasteiger partial charge in [-0.2, -0.15) is 0 Å². The standard InChI is InChI=1S/C14H22N4O/c1-3-18(9-11-5-4-7-16-11)14-12(13(15)19)10(2)6-8-17-14/h6,8,11,16H,3-5,7,9H2,1-2H3,(H2,15,19). The summed E-state index contributed by atoms with van der Waals surface area (Å²) in [5.41, 5.74) is 6.92. The zero-order valence-electron chi connectivity index (χ0n) is 11.6. The second kappa shape index (κ2) is 6.02. The monoisotopic (exact) mass is 262 g/mol. The third-order valence-corrected chi connectivity index (χ3v) is 3.67. The first-order valence-electron chi connectivity index (χ1n) is 6.87. The van der Waals surface area contributed by atoms with Crippen molar-refractivity contribution in [2.24, 2.45) is 5.73 Å². The number of nitrogens with zero attached hydrogens (tertiary/aromatic N) is 2. The Labute approximate surface area is 114 Å². The zero-order chi connectivity index (χ0) is 13.8. The van der Waals surface area contributed by atoms with Gasteiger partial charge in [0, 0.05) is 25.3 Å². The van der Waals surface area contributed by atoms with Gasteiger partial charge in [0.05, 0.1) is 5.56 Å². The fourth-order valence-electron chi connectivity index (χ4n) is 2.63. The summed E-state index contributed by atoms with van der Waals surface area (Å²) in [4.78, 5) is 18.1. The Kier molecular flexibility index (Phi) is 4.37. The maximum atomic E-state index is 11.6. The molecule has 1 aliphatic rings. The van der Waals surface area contributed by atoms with Gasteiger partial charge in [0.2, 0.25) is 0 Å². The average Bonchev–Trinajstić information content (AvgIpc) is 2.88. The van der Waals surface area contributed by atoms with Crippen LogP contribution in [0.1, 0.15) is 35.7 Å². The number of carbonyl (C=O) groups excluding carboxylic acids is 1. The summed E-state index contributed by atoms with van der Waals surface area (Å²) < 4.78 is 0. The van der Waals surface area contributed by atoms with Gasteiger partial charge in [-0.05, 0) is 44.9 Å². The van der Waals surface area contributed by atoms with Crippen molar-refractivity contribution in [3.05, 3.63) is 23.4 Å². The van der Waals surface area contributed by atoms with Gasteiger partial charge in [0.1, 0.15) is 5.82 Å². The molecule has 0 bridgehead atoms. The van der Waals surface area contributed by atoms with Crippen molar-refractivity contribution >= 4 is 11.7 Å². The minimum atomic E-state index is -0.404. The van der Waals surface area contributed by atoms with Gasteiger partial charge in [-0.15, -0.1) is 0 Å². The number of nitrogens with one attached hydrogen (secondary N) is 1. The molecule has 1 atom stereocenters. The molecule has 0 spiro atoms. The van der Waals surface area contributed by atoms with Crippen molar-refractivity contribution in [3.8, 4) is 0 Å². The number of pyridine rings is 1. The highest BCUT2D eigenvalue weighted by molar-refractivity contribution is 5.99. The number of anilines is 1. The molecule has 0 aliphatic carbocycles. The lowest BCUT2D eigenvalue weighted by atomic mass is 10.1. The van der Waals surface area contributed by atoms with E-state index in [1.807, 2.05) is 13.0 Å². The molecule has 1 amide bonds. The molecule has 0 saturated carbocycles. The van der Waals surface area contributed by atoms with Crippen LogP contribution in [0.25, 0.3) is 0 Å². The number of likely N-dealkylation sites (N-methyl/N-ethyl adjacent to an activating group) is 1. The van der Waals surface area contributed by atoms with Crippen molar-refractivity contribution in [3.63, 3.8) is 0 Å². The minimum absolute atomic E-state index is 0.404.